The molecular weight excluding hydrogens is 318 g/mol. The molecule has 6 nitrogen and oxygen atoms in total. The van der Waals surface area contributed by atoms with Crippen LogP contribution < -0.4 is 0 Å². The molecule has 25 heavy (non-hydrogen) atoms. The SMILES string of the molecule is CC1(C)CC2=NN(CCO)C(=O)c3cccc4c3c2c(n4CCO)C1. The molecule has 1 aliphatic heterocycles. The first-order chi connectivity index (χ1) is 12.0. The fourth-order valence-electron chi connectivity index (χ4n) is 4.20. The molecule has 2 aliphatic rings. The van der Waals surface area contributed by atoms with Crippen molar-refractivity contribution in [3.8, 4) is 0 Å². The van der Waals surface area contributed by atoms with Crippen LogP contribution in [0.5, 0.6) is 0 Å². The summed E-state index contributed by atoms with van der Waals surface area (Å²) in [5.41, 5.74) is 4.71. The Kier molecular flexibility index (Phi) is 3.70. The van der Waals surface area contributed by atoms with E-state index in [9.17, 15) is 15.0 Å². The number of carbonyl (C=O) groups is 1. The van der Waals surface area contributed by atoms with Crippen molar-refractivity contribution in [2.24, 2.45) is 10.5 Å². The predicted molar refractivity (Wildman–Crippen MR) is 95.8 cm³/mol. The number of hydrogen-bond acceptors (Lipinski definition) is 4. The lowest BCUT2D eigenvalue weighted by molar-refractivity contribution is 0.0729. The molecule has 0 saturated carbocycles. The second-order valence-electron chi connectivity index (χ2n) is 7.61. The molecule has 0 bridgehead atoms. The number of amides is 1. The van der Waals surface area contributed by atoms with Crippen molar-refractivity contribution in [2.45, 2.75) is 33.2 Å². The maximum Gasteiger partial charge on any atom is 0.274 e. The van der Waals surface area contributed by atoms with Gasteiger partial charge in [-0.3, -0.25) is 4.79 Å². The van der Waals surface area contributed by atoms with Crippen LogP contribution in [-0.2, 0) is 13.0 Å². The second-order valence-corrected chi connectivity index (χ2v) is 7.61. The fraction of sp³-hybridized carbons (Fsp3) is 0.474. The summed E-state index contributed by atoms with van der Waals surface area (Å²) < 4.78 is 2.14. The van der Waals surface area contributed by atoms with Crippen LogP contribution in [0.3, 0.4) is 0 Å². The third kappa shape index (κ3) is 2.40. The summed E-state index contributed by atoms with van der Waals surface area (Å²) >= 11 is 0. The zero-order chi connectivity index (χ0) is 17.8. The molecule has 1 aliphatic carbocycles. The predicted octanol–water partition coefficient (Wildman–Crippen LogP) is 1.76. The van der Waals surface area contributed by atoms with Gasteiger partial charge in [0, 0.05) is 28.7 Å². The number of benzene rings is 1. The van der Waals surface area contributed by atoms with Crippen molar-refractivity contribution in [2.75, 3.05) is 19.8 Å². The highest BCUT2D eigenvalue weighted by Gasteiger charge is 2.38. The maximum atomic E-state index is 13.0. The van der Waals surface area contributed by atoms with E-state index in [-0.39, 0.29) is 31.1 Å². The van der Waals surface area contributed by atoms with Gasteiger partial charge in [0.25, 0.3) is 5.91 Å². The quantitative estimate of drug-likeness (QED) is 0.889. The van der Waals surface area contributed by atoms with Gasteiger partial charge in [0.15, 0.2) is 0 Å². The molecule has 0 unspecified atom stereocenters. The van der Waals surface area contributed by atoms with E-state index >= 15 is 0 Å². The third-order valence-electron chi connectivity index (χ3n) is 5.12. The molecule has 4 rings (SSSR count). The van der Waals surface area contributed by atoms with Gasteiger partial charge in [-0.25, -0.2) is 5.01 Å². The Bertz CT molecular complexity index is 895. The van der Waals surface area contributed by atoms with Gasteiger partial charge in [-0.1, -0.05) is 19.9 Å². The van der Waals surface area contributed by atoms with E-state index in [0.29, 0.717) is 12.1 Å². The fourth-order valence-corrected chi connectivity index (χ4v) is 4.20. The third-order valence-corrected chi connectivity index (χ3v) is 5.12. The molecule has 1 amide bonds. The van der Waals surface area contributed by atoms with E-state index in [4.69, 9.17) is 0 Å². The molecule has 2 aromatic rings. The lowest BCUT2D eigenvalue weighted by atomic mass is 9.75. The van der Waals surface area contributed by atoms with Crippen molar-refractivity contribution < 1.29 is 15.0 Å². The Balaban J connectivity index is 2.08. The van der Waals surface area contributed by atoms with Gasteiger partial charge in [0.2, 0.25) is 0 Å². The average Bonchev–Trinajstić information content (AvgIpc) is 2.80. The topological polar surface area (TPSA) is 78.1 Å². The number of hydrazone groups is 1. The average molecular weight is 341 g/mol. The van der Waals surface area contributed by atoms with E-state index in [1.165, 1.54) is 5.01 Å². The summed E-state index contributed by atoms with van der Waals surface area (Å²) in [6.07, 6.45) is 1.66. The van der Waals surface area contributed by atoms with Crippen LogP contribution in [0.1, 0.15) is 41.9 Å². The monoisotopic (exact) mass is 341 g/mol. The highest BCUT2D eigenvalue weighted by Crippen LogP contribution is 2.42. The van der Waals surface area contributed by atoms with Crippen molar-refractivity contribution in [1.29, 1.82) is 0 Å². The minimum Gasteiger partial charge on any atom is -0.395 e. The number of aromatic nitrogens is 1. The highest BCUT2D eigenvalue weighted by molar-refractivity contribution is 6.21. The molecule has 0 spiro atoms. The molecule has 0 fully saturated rings. The number of nitrogens with zero attached hydrogens (tertiary/aromatic N) is 3. The van der Waals surface area contributed by atoms with E-state index in [1.54, 1.807) is 0 Å². The van der Waals surface area contributed by atoms with Crippen molar-refractivity contribution in [3.05, 3.63) is 35.0 Å². The number of aliphatic hydroxyl groups excluding tert-OH is 2. The first-order valence-electron chi connectivity index (χ1n) is 8.72. The van der Waals surface area contributed by atoms with E-state index in [0.717, 1.165) is 40.7 Å². The van der Waals surface area contributed by atoms with Crippen LogP contribution in [0.15, 0.2) is 23.3 Å². The minimum absolute atomic E-state index is 0.0197. The lowest BCUT2D eigenvalue weighted by Crippen LogP contribution is -2.32. The normalized spacial score (nSPS) is 18.5. The summed E-state index contributed by atoms with van der Waals surface area (Å²) in [6, 6.07) is 5.71. The van der Waals surface area contributed by atoms with E-state index in [2.05, 4.69) is 23.5 Å². The van der Waals surface area contributed by atoms with E-state index in [1.807, 2.05) is 18.2 Å². The lowest BCUT2D eigenvalue weighted by Gasteiger charge is -2.32. The first-order valence-corrected chi connectivity index (χ1v) is 8.72. The summed E-state index contributed by atoms with van der Waals surface area (Å²) in [5.74, 6) is -0.177. The molecule has 2 N–H and O–H groups in total. The molecule has 0 saturated heterocycles. The largest absolute Gasteiger partial charge is 0.395 e. The second kappa shape index (κ2) is 5.68. The van der Waals surface area contributed by atoms with Crippen LogP contribution in [0, 0.1) is 5.41 Å². The molecule has 0 atom stereocenters. The highest BCUT2D eigenvalue weighted by atomic mass is 16.3. The van der Waals surface area contributed by atoms with Gasteiger partial charge >= 0.3 is 0 Å². The first kappa shape index (κ1) is 16.3. The van der Waals surface area contributed by atoms with Crippen molar-refractivity contribution in [3.63, 3.8) is 0 Å². The zero-order valence-corrected chi connectivity index (χ0v) is 14.6. The molecule has 1 aromatic carbocycles. The molecule has 6 heteroatoms. The maximum absolute atomic E-state index is 13.0. The summed E-state index contributed by atoms with van der Waals surface area (Å²) in [5, 5.41) is 25.9. The molecular formula is C19H23N3O3. The van der Waals surface area contributed by atoms with Crippen LogP contribution in [0.4, 0.5) is 0 Å². The van der Waals surface area contributed by atoms with Gasteiger partial charge in [0.05, 0.1) is 31.0 Å². The number of hydrogen-bond donors (Lipinski definition) is 2. The molecule has 132 valence electrons. The van der Waals surface area contributed by atoms with Gasteiger partial charge in [-0.15, -0.1) is 0 Å². The van der Waals surface area contributed by atoms with Gasteiger partial charge < -0.3 is 14.8 Å². The Morgan fingerprint density at radius 1 is 1.16 bits per heavy atom. The van der Waals surface area contributed by atoms with Crippen molar-refractivity contribution in [1.82, 2.24) is 9.58 Å². The molecule has 0 radical (unpaired) electrons. The Labute approximate surface area is 146 Å². The number of carbonyl (C=O) groups excluding carboxylic acids is 1. The minimum atomic E-state index is -0.177. The standard InChI is InChI=1S/C19H23N3O3/c1-19(2)10-13-17-15(11-19)21(6-8-23)14-5-3-4-12(16(14)17)18(25)22(20-13)7-9-24/h3-5,23-24H,6-11H2,1-2H3. The summed E-state index contributed by atoms with van der Waals surface area (Å²) in [6.45, 7) is 5.02. The van der Waals surface area contributed by atoms with Crippen molar-refractivity contribution >= 4 is 22.5 Å². The van der Waals surface area contributed by atoms with E-state index < -0.39 is 0 Å². The van der Waals surface area contributed by atoms with Gasteiger partial charge in [-0.05, 0) is 30.4 Å². The smallest absolute Gasteiger partial charge is 0.274 e. The molecule has 2 heterocycles. The number of aliphatic hydroxyl groups is 2. The van der Waals surface area contributed by atoms with Crippen LogP contribution >= 0.6 is 0 Å². The van der Waals surface area contributed by atoms with Crippen LogP contribution in [0.2, 0.25) is 0 Å². The number of β-amino-alcohol motifs (C(OH)–C–C–N with tert-alkyl or cyclic N) is 1. The van der Waals surface area contributed by atoms with Gasteiger partial charge in [0.1, 0.15) is 0 Å². The van der Waals surface area contributed by atoms with Crippen LogP contribution in [0.25, 0.3) is 10.9 Å². The van der Waals surface area contributed by atoms with Crippen LogP contribution in [-0.4, -0.2) is 51.2 Å². The Hall–Kier alpha value is -2.18. The molecule has 1 aromatic heterocycles. The Morgan fingerprint density at radius 3 is 2.64 bits per heavy atom. The summed E-state index contributed by atoms with van der Waals surface area (Å²) in [7, 11) is 0. The zero-order valence-electron chi connectivity index (χ0n) is 14.6. The number of rotatable bonds is 4. The Morgan fingerprint density at radius 2 is 1.92 bits per heavy atom. The van der Waals surface area contributed by atoms with Gasteiger partial charge in [-0.2, -0.15) is 5.10 Å². The summed E-state index contributed by atoms with van der Waals surface area (Å²) in [4.78, 5) is 13.0.